The van der Waals surface area contributed by atoms with E-state index in [-0.39, 0.29) is 11.7 Å². The Balaban J connectivity index is 1.59. The summed E-state index contributed by atoms with van der Waals surface area (Å²) in [4.78, 5) is 14.5. The molecule has 3 rings (SSSR count). The molecule has 1 N–H and O–H groups in total. The standard InChI is InChI=1S/C24H27ClFN3O3/c1-4-11-32-23-20(25)13-17(14-22(23)31-3)24(30)29(2)10-6-9-19-15-21(28-27-19)16-7-5-8-18(26)12-16/h5,7-8,12-15H,4,6,9-11H2,1-3H3,(H,27,28). The van der Waals surface area contributed by atoms with E-state index in [1.807, 2.05) is 19.1 Å². The zero-order valence-corrected chi connectivity index (χ0v) is 19.2. The first kappa shape index (κ1) is 23.6. The first-order chi connectivity index (χ1) is 15.4. The highest BCUT2D eigenvalue weighted by Gasteiger charge is 2.18. The number of nitrogens with zero attached hydrogens (tertiary/aromatic N) is 2. The van der Waals surface area contributed by atoms with Crippen molar-refractivity contribution in [1.82, 2.24) is 15.1 Å². The van der Waals surface area contributed by atoms with Crippen LogP contribution >= 0.6 is 11.6 Å². The number of hydrogen-bond donors (Lipinski definition) is 1. The molecule has 32 heavy (non-hydrogen) atoms. The normalized spacial score (nSPS) is 10.8. The lowest BCUT2D eigenvalue weighted by molar-refractivity contribution is 0.0793. The van der Waals surface area contributed by atoms with Crippen molar-refractivity contribution >= 4 is 17.5 Å². The Morgan fingerprint density at radius 1 is 1.25 bits per heavy atom. The van der Waals surface area contributed by atoms with Crippen molar-refractivity contribution in [3.8, 4) is 22.8 Å². The topological polar surface area (TPSA) is 67.5 Å². The van der Waals surface area contributed by atoms with Crippen LogP contribution in [0.1, 0.15) is 35.8 Å². The van der Waals surface area contributed by atoms with E-state index in [1.54, 1.807) is 30.1 Å². The van der Waals surface area contributed by atoms with E-state index in [1.165, 1.54) is 19.2 Å². The molecule has 0 atom stereocenters. The second-order valence-corrected chi connectivity index (χ2v) is 7.86. The Morgan fingerprint density at radius 3 is 2.78 bits per heavy atom. The van der Waals surface area contributed by atoms with Crippen LogP contribution in [0.25, 0.3) is 11.3 Å². The minimum Gasteiger partial charge on any atom is -0.493 e. The number of hydrogen-bond acceptors (Lipinski definition) is 4. The van der Waals surface area contributed by atoms with Crippen molar-refractivity contribution in [1.29, 1.82) is 0 Å². The molecule has 0 aliphatic heterocycles. The molecular weight excluding hydrogens is 433 g/mol. The van der Waals surface area contributed by atoms with E-state index < -0.39 is 0 Å². The minimum atomic E-state index is -0.297. The van der Waals surface area contributed by atoms with Crippen LogP contribution in [0.5, 0.6) is 11.5 Å². The van der Waals surface area contributed by atoms with Gasteiger partial charge in [-0.2, -0.15) is 5.10 Å². The number of benzene rings is 2. The third-order valence-electron chi connectivity index (χ3n) is 4.96. The molecule has 6 nitrogen and oxygen atoms in total. The summed E-state index contributed by atoms with van der Waals surface area (Å²) in [7, 11) is 3.26. The van der Waals surface area contributed by atoms with Gasteiger partial charge >= 0.3 is 0 Å². The van der Waals surface area contributed by atoms with Crippen molar-refractivity contribution in [3.05, 3.63) is 64.6 Å². The van der Waals surface area contributed by atoms with Crippen molar-refractivity contribution in [2.45, 2.75) is 26.2 Å². The summed E-state index contributed by atoms with van der Waals surface area (Å²) in [5, 5.41) is 7.58. The van der Waals surface area contributed by atoms with Crippen LogP contribution in [0.15, 0.2) is 42.5 Å². The number of ether oxygens (including phenoxy) is 2. The number of H-pyrrole nitrogens is 1. The highest BCUT2D eigenvalue weighted by Crippen LogP contribution is 2.36. The Bertz CT molecular complexity index is 1070. The van der Waals surface area contributed by atoms with Crippen LogP contribution in [0.4, 0.5) is 4.39 Å². The molecule has 0 saturated carbocycles. The molecule has 0 saturated heterocycles. The van der Waals surface area contributed by atoms with E-state index in [0.29, 0.717) is 47.4 Å². The quantitative estimate of drug-likeness (QED) is 0.442. The van der Waals surface area contributed by atoms with Crippen LogP contribution in [0, 0.1) is 5.82 Å². The van der Waals surface area contributed by atoms with E-state index in [9.17, 15) is 9.18 Å². The molecule has 0 fully saturated rings. The van der Waals surface area contributed by atoms with Crippen LogP contribution < -0.4 is 9.47 Å². The summed E-state index contributed by atoms with van der Waals surface area (Å²) < 4.78 is 24.4. The maximum absolute atomic E-state index is 13.4. The molecule has 0 unspecified atom stereocenters. The lowest BCUT2D eigenvalue weighted by Crippen LogP contribution is -2.28. The highest BCUT2D eigenvalue weighted by atomic mass is 35.5. The molecule has 1 aromatic heterocycles. The fourth-order valence-electron chi connectivity index (χ4n) is 3.30. The van der Waals surface area contributed by atoms with Gasteiger partial charge in [-0.05, 0) is 49.6 Å². The molecule has 0 bridgehead atoms. The lowest BCUT2D eigenvalue weighted by Gasteiger charge is -2.19. The van der Waals surface area contributed by atoms with Gasteiger partial charge in [0.2, 0.25) is 0 Å². The van der Waals surface area contributed by atoms with Gasteiger partial charge in [-0.1, -0.05) is 30.7 Å². The third-order valence-corrected chi connectivity index (χ3v) is 5.25. The molecule has 0 aliphatic carbocycles. The molecular formula is C24H27ClFN3O3. The van der Waals surface area contributed by atoms with Gasteiger partial charge in [-0.25, -0.2) is 4.39 Å². The molecule has 8 heteroatoms. The first-order valence-corrected chi connectivity index (χ1v) is 10.9. The molecule has 170 valence electrons. The molecule has 1 amide bonds. The number of methoxy groups -OCH3 is 1. The third kappa shape index (κ3) is 5.79. The molecule has 2 aromatic carbocycles. The Hall–Kier alpha value is -3.06. The van der Waals surface area contributed by atoms with Crippen LogP contribution in [0.3, 0.4) is 0 Å². The van der Waals surface area contributed by atoms with Gasteiger partial charge in [-0.3, -0.25) is 9.89 Å². The highest BCUT2D eigenvalue weighted by molar-refractivity contribution is 6.32. The summed E-state index contributed by atoms with van der Waals surface area (Å²) in [5.74, 6) is 0.430. The number of aryl methyl sites for hydroxylation is 1. The van der Waals surface area contributed by atoms with Crippen LogP contribution in [-0.4, -0.2) is 48.3 Å². The first-order valence-electron chi connectivity index (χ1n) is 10.5. The number of carbonyl (C=O) groups is 1. The summed E-state index contributed by atoms with van der Waals surface area (Å²) in [5.41, 5.74) is 2.77. The van der Waals surface area contributed by atoms with Gasteiger partial charge in [0.25, 0.3) is 5.91 Å². The summed E-state index contributed by atoms with van der Waals surface area (Å²) in [6.07, 6.45) is 2.27. The molecule has 3 aromatic rings. The molecule has 1 heterocycles. The smallest absolute Gasteiger partial charge is 0.253 e. The predicted octanol–water partition coefficient (Wildman–Crippen LogP) is 5.37. The number of rotatable bonds is 10. The average Bonchev–Trinajstić information content (AvgIpc) is 3.26. The lowest BCUT2D eigenvalue weighted by atomic mass is 10.1. The number of aromatic amines is 1. The minimum absolute atomic E-state index is 0.155. The summed E-state index contributed by atoms with van der Waals surface area (Å²) in [6.45, 7) is 3.05. The zero-order valence-electron chi connectivity index (χ0n) is 18.5. The van der Waals surface area contributed by atoms with E-state index in [2.05, 4.69) is 10.2 Å². The second kappa shape index (κ2) is 11.0. The van der Waals surface area contributed by atoms with E-state index >= 15 is 0 Å². The average molecular weight is 460 g/mol. The van der Waals surface area contributed by atoms with Crippen molar-refractivity contribution in [2.75, 3.05) is 27.3 Å². The van der Waals surface area contributed by atoms with Gasteiger partial charge in [0.15, 0.2) is 11.5 Å². The largest absolute Gasteiger partial charge is 0.493 e. The Labute approximate surface area is 192 Å². The molecule has 0 spiro atoms. The molecule has 0 radical (unpaired) electrons. The van der Waals surface area contributed by atoms with Gasteiger partial charge in [-0.15, -0.1) is 0 Å². The van der Waals surface area contributed by atoms with Crippen LogP contribution in [0.2, 0.25) is 5.02 Å². The predicted molar refractivity (Wildman–Crippen MR) is 123 cm³/mol. The second-order valence-electron chi connectivity index (χ2n) is 7.46. The summed E-state index contributed by atoms with van der Waals surface area (Å²) >= 11 is 6.33. The van der Waals surface area contributed by atoms with E-state index in [4.69, 9.17) is 21.1 Å². The van der Waals surface area contributed by atoms with Gasteiger partial charge in [0, 0.05) is 30.4 Å². The maximum atomic E-state index is 13.4. The SMILES string of the molecule is CCCOc1c(Cl)cc(C(=O)N(C)CCCc2cc(-c3cccc(F)c3)n[nH]2)cc1OC. The van der Waals surface area contributed by atoms with Gasteiger partial charge < -0.3 is 14.4 Å². The van der Waals surface area contributed by atoms with Crippen molar-refractivity contribution < 1.29 is 18.7 Å². The van der Waals surface area contributed by atoms with E-state index in [0.717, 1.165) is 24.1 Å². The fraction of sp³-hybridized carbons (Fsp3) is 0.333. The number of amides is 1. The zero-order chi connectivity index (χ0) is 23.1. The van der Waals surface area contributed by atoms with Crippen molar-refractivity contribution in [3.63, 3.8) is 0 Å². The number of carbonyl (C=O) groups excluding carboxylic acids is 1. The van der Waals surface area contributed by atoms with Crippen LogP contribution in [-0.2, 0) is 6.42 Å². The Kier molecular flexibility index (Phi) is 8.11. The van der Waals surface area contributed by atoms with Crippen molar-refractivity contribution in [2.24, 2.45) is 0 Å². The number of aromatic nitrogens is 2. The fourth-order valence-corrected chi connectivity index (χ4v) is 3.57. The number of halogens is 2. The Morgan fingerprint density at radius 2 is 2.06 bits per heavy atom. The number of nitrogens with one attached hydrogen (secondary N) is 1. The van der Waals surface area contributed by atoms with Gasteiger partial charge in [0.05, 0.1) is 24.4 Å². The monoisotopic (exact) mass is 459 g/mol. The van der Waals surface area contributed by atoms with Gasteiger partial charge in [0.1, 0.15) is 5.82 Å². The molecule has 0 aliphatic rings. The maximum Gasteiger partial charge on any atom is 0.253 e. The summed E-state index contributed by atoms with van der Waals surface area (Å²) in [6, 6.07) is 11.5.